The number of nitrogens with zero attached hydrogens (tertiary/aromatic N) is 1. The van der Waals surface area contributed by atoms with Gasteiger partial charge in [-0.25, -0.2) is 12.8 Å². The van der Waals surface area contributed by atoms with Crippen LogP contribution in [0.3, 0.4) is 0 Å². The minimum atomic E-state index is -3.99. The van der Waals surface area contributed by atoms with E-state index in [4.69, 9.17) is 0 Å². The lowest BCUT2D eigenvalue weighted by atomic mass is 10.1. The van der Waals surface area contributed by atoms with Crippen LogP contribution in [0.15, 0.2) is 71.6 Å². The Balaban J connectivity index is 1.80. The van der Waals surface area contributed by atoms with Gasteiger partial charge in [0.05, 0.1) is 4.90 Å². The van der Waals surface area contributed by atoms with E-state index in [9.17, 15) is 22.4 Å². The van der Waals surface area contributed by atoms with Crippen LogP contribution >= 0.6 is 0 Å². The summed E-state index contributed by atoms with van der Waals surface area (Å²) in [6, 6.07) is 16.3. The van der Waals surface area contributed by atoms with Crippen molar-refractivity contribution in [1.82, 2.24) is 4.90 Å². The van der Waals surface area contributed by atoms with Crippen molar-refractivity contribution in [2.75, 3.05) is 16.6 Å². The monoisotopic (exact) mass is 483 g/mol. The molecule has 9 heteroatoms. The number of hydrogen-bond acceptors (Lipinski definition) is 4. The Labute approximate surface area is 198 Å². The third-order valence-electron chi connectivity index (χ3n) is 5.25. The van der Waals surface area contributed by atoms with E-state index < -0.39 is 21.7 Å². The number of sulfonamides is 1. The number of hydrogen-bond donors (Lipinski definition) is 2. The summed E-state index contributed by atoms with van der Waals surface area (Å²) >= 11 is 0. The third-order valence-corrected chi connectivity index (χ3v) is 6.62. The molecule has 3 aromatic rings. The molecule has 2 N–H and O–H groups in total. The maximum Gasteiger partial charge on any atom is 0.261 e. The van der Waals surface area contributed by atoms with Crippen LogP contribution < -0.4 is 10.0 Å². The lowest BCUT2D eigenvalue weighted by molar-refractivity contribution is -0.129. The summed E-state index contributed by atoms with van der Waals surface area (Å²) < 4.78 is 41.1. The average Bonchev–Trinajstić information content (AvgIpc) is 2.79. The number of rotatable bonds is 8. The molecule has 0 aliphatic heterocycles. The molecular formula is C25H26FN3O4S. The van der Waals surface area contributed by atoms with E-state index in [1.165, 1.54) is 31.2 Å². The lowest BCUT2D eigenvalue weighted by Gasteiger charge is -2.19. The van der Waals surface area contributed by atoms with Gasteiger partial charge < -0.3 is 10.2 Å². The summed E-state index contributed by atoms with van der Waals surface area (Å²) in [7, 11) is -3.99. The first-order chi connectivity index (χ1) is 16.1. The largest absolute Gasteiger partial charge is 0.339 e. The number of carbonyl (C=O) groups is 2. The van der Waals surface area contributed by atoms with Crippen molar-refractivity contribution in [2.45, 2.75) is 32.2 Å². The fraction of sp³-hybridized carbons (Fsp3) is 0.200. The van der Waals surface area contributed by atoms with Gasteiger partial charge in [0.1, 0.15) is 5.82 Å². The van der Waals surface area contributed by atoms with Gasteiger partial charge in [0.15, 0.2) is 0 Å². The van der Waals surface area contributed by atoms with Crippen molar-refractivity contribution in [3.05, 3.63) is 89.2 Å². The molecule has 0 radical (unpaired) electrons. The Bertz CT molecular complexity index is 1310. The SMILES string of the molecule is CCN(Cc1cccc(NC(=O)c2cc(S(=O)(=O)Nc3ccc(F)cc3)ccc2C)c1)C(C)=O. The Kier molecular flexibility index (Phi) is 7.68. The van der Waals surface area contributed by atoms with E-state index in [1.807, 2.05) is 13.0 Å². The standard InChI is InChI=1S/C25H26FN3O4S/c1-4-29(18(3)30)16-19-6-5-7-22(14-19)27-25(31)24-15-23(13-8-17(24)2)34(32,33)28-21-11-9-20(26)10-12-21/h5-15,28H,4,16H2,1-3H3,(H,27,31). The molecule has 0 fully saturated rings. The molecule has 3 rings (SSSR count). The predicted octanol–water partition coefficient (Wildman–Crippen LogP) is 4.56. The van der Waals surface area contributed by atoms with Gasteiger partial charge in [-0.15, -0.1) is 0 Å². The molecule has 0 spiro atoms. The Hall–Kier alpha value is -3.72. The van der Waals surface area contributed by atoms with Crippen molar-refractivity contribution in [1.29, 1.82) is 0 Å². The second-order valence-corrected chi connectivity index (χ2v) is 9.46. The third kappa shape index (κ3) is 6.20. The van der Waals surface area contributed by atoms with E-state index in [2.05, 4.69) is 10.0 Å². The second-order valence-electron chi connectivity index (χ2n) is 7.78. The number of nitrogens with one attached hydrogen (secondary N) is 2. The van der Waals surface area contributed by atoms with E-state index >= 15 is 0 Å². The molecular weight excluding hydrogens is 457 g/mol. The molecule has 0 bridgehead atoms. The molecule has 0 saturated heterocycles. The summed E-state index contributed by atoms with van der Waals surface area (Å²) in [4.78, 5) is 26.2. The maximum absolute atomic E-state index is 13.1. The second kappa shape index (κ2) is 10.5. The first-order valence-electron chi connectivity index (χ1n) is 10.6. The molecule has 2 amide bonds. The highest BCUT2D eigenvalue weighted by Gasteiger charge is 2.19. The van der Waals surface area contributed by atoms with Gasteiger partial charge in [0.25, 0.3) is 15.9 Å². The van der Waals surface area contributed by atoms with Crippen LogP contribution in [0.1, 0.15) is 35.3 Å². The normalized spacial score (nSPS) is 11.1. The van der Waals surface area contributed by atoms with Crippen LogP contribution in [0.4, 0.5) is 15.8 Å². The fourth-order valence-corrected chi connectivity index (χ4v) is 4.44. The van der Waals surface area contributed by atoms with Crippen LogP contribution in [0.2, 0.25) is 0 Å². The highest BCUT2D eigenvalue weighted by Crippen LogP contribution is 2.21. The van der Waals surface area contributed by atoms with Gasteiger partial charge in [-0.05, 0) is 73.5 Å². The summed E-state index contributed by atoms with van der Waals surface area (Å²) in [5.74, 6) is -0.989. The zero-order valence-corrected chi connectivity index (χ0v) is 19.9. The molecule has 178 valence electrons. The van der Waals surface area contributed by atoms with E-state index in [-0.39, 0.29) is 22.1 Å². The molecule has 0 aromatic heterocycles. The molecule has 0 heterocycles. The van der Waals surface area contributed by atoms with E-state index in [0.29, 0.717) is 24.3 Å². The van der Waals surface area contributed by atoms with Gasteiger partial charge >= 0.3 is 0 Å². The molecule has 0 unspecified atom stereocenters. The number of halogens is 1. The molecule has 34 heavy (non-hydrogen) atoms. The van der Waals surface area contributed by atoms with Crippen molar-refractivity contribution in [3.8, 4) is 0 Å². The highest BCUT2D eigenvalue weighted by molar-refractivity contribution is 7.92. The smallest absolute Gasteiger partial charge is 0.261 e. The van der Waals surface area contributed by atoms with Crippen LogP contribution in [-0.4, -0.2) is 31.7 Å². The molecule has 0 atom stereocenters. The Morgan fingerprint density at radius 2 is 1.68 bits per heavy atom. The van der Waals surface area contributed by atoms with Crippen molar-refractivity contribution in [3.63, 3.8) is 0 Å². The summed E-state index contributed by atoms with van der Waals surface area (Å²) in [6.45, 7) is 6.09. The number of benzene rings is 3. The van der Waals surface area contributed by atoms with Crippen LogP contribution in [0.25, 0.3) is 0 Å². The number of amides is 2. The molecule has 0 saturated carbocycles. The van der Waals surface area contributed by atoms with Crippen LogP contribution in [0.5, 0.6) is 0 Å². The van der Waals surface area contributed by atoms with Gasteiger partial charge in [-0.1, -0.05) is 18.2 Å². The molecule has 7 nitrogen and oxygen atoms in total. The van der Waals surface area contributed by atoms with Crippen molar-refractivity contribution >= 4 is 33.2 Å². The van der Waals surface area contributed by atoms with Gasteiger partial charge in [0, 0.05) is 37.0 Å². The van der Waals surface area contributed by atoms with Crippen LogP contribution in [-0.2, 0) is 21.4 Å². The number of aryl methyl sites for hydroxylation is 1. The van der Waals surface area contributed by atoms with Gasteiger partial charge in [-0.3, -0.25) is 14.3 Å². The van der Waals surface area contributed by atoms with Gasteiger partial charge in [-0.2, -0.15) is 0 Å². The number of anilines is 2. The minimum Gasteiger partial charge on any atom is -0.339 e. The van der Waals surface area contributed by atoms with Gasteiger partial charge in [0.2, 0.25) is 5.91 Å². The summed E-state index contributed by atoms with van der Waals surface area (Å²) in [5.41, 5.74) is 2.39. The summed E-state index contributed by atoms with van der Waals surface area (Å²) in [6.07, 6.45) is 0. The van der Waals surface area contributed by atoms with Crippen LogP contribution in [0, 0.1) is 12.7 Å². The Morgan fingerprint density at radius 1 is 0.971 bits per heavy atom. The first kappa shape index (κ1) is 24.9. The zero-order valence-electron chi connectivity index (χ0n) is 19.1. The fourth-order valence-electron chi connectivity index (χ4n) is 3.36. The van der Waals surface area contributed by atoms with Crippen molar-refractivity contribution in [2.24, 2.45) is 0 Å². The topological polar surface area (TPSA) is 95.6 Å². The molecule has 0 aliphatic carbocycles. The summed E-state index contributed by atoms with van der Waals surface area (Å²) in [5, 5.41) is 2.80. The average molecular weight is 484 g/mol. The first-order valence-corrected chi connectivity index (χ1v) is 12.1. The Morgan fingerprint density at radius 3 is 2.32 bits per heavy atom. The molecule has 3 aromatic carbocycles. The molecule has 0 aliphatic rings. The lowest BCUT2D eigenvalue weighted by Crippen LogP contribution is -2.27. The minimum absolute atomic E-state index is 0.0418. The zero-order chi connectivity index (χ0) is 24.9. The number of carbonyl (C=O) groups excluding carboxylic acids is 2. The quantitative estimate of drug-likeness (QED) is 0.491. The predicted molar refractivity (Wildman–Crippen MR) is 130 cm³/mol. The highest BCUT2D eigenvalue weighted by atomic mass is 32.2. The van der Waals surface area contributed by atoms with E-state index in [0.717, 1.165) is 17.7 Å². The maximum atomic E-state index is 13.1. The van der Waals surface area contributed by atoms with Crippen molar-refractivity contribution < 1.29 is 22.4 Å². The van der Waals surface area contributed by atoms with E-state index in [1.54, 1.807) is 36.1 Å².